The van der Waals surface area contributed by atoms with Crippen LogP contribution in [0.1, 0.15) is 79.3 Å². The van der Waals surface area contributed by atoms with Crippen molar-refractivity contribution in [3.05, 3.63) is 101 Å². The molecule has 2 heterocycles. The number of piperidine rings is 1. The Morgan fingerprint density at radius 2 is 1.73 bits per heavy atom. The minimum atomic E-state index is -1.11. The molecule has 0 N–H and O–H groups in total. The number of para-hydroxylation sites is 2. The Morgan fingerprint density at radius 1 is 0.975 bits per heavy atom. The number of likely N-dealkylation sites (tertiary alicyclic amines) is 1. The van der Waals surface area contributed by atoms with E-state index in [1.54, 1.807) is 4.90 Å². The molecule has 0 radical (unpaired) electrons. The molecule has 5 rings (SSSR count). The van der Waals surface area contributed by atoms with E-state index in [1.807, 2.05) is 25.1 Å². The van der Waals surface area contributed by atoms with Crippen molar-refractivity contribution < 1.29 is 13.6 Å². The maximum atomic E-state index is 14.7. The molecule has 0 spiro atoms. The number of nitrogens with zero attached hydrogens (tertiary/aromatic N) is 4. The zero-order valence-corrected chi connectivity index (χ0v) is 23.5. The largest absolute Gasteiger partial charge is 0.331 e. The highest BCUT2D eigenvalue weighted by atomic mass is 19.2. The molecule has 7 heteroatoms. The first-order valence-electron chi connectivity index (χ1n) is 14.5. The molecule has 40 heavy (non-hydrogen) atoms. The maximum absolute atomic E-state index is 14.7. The summed E-state index contributed by atoms with van der Waals surface area (Å²) >= 11 is 0. The third-order valence-corrected chi connectivity index (χ3v) is 7.99. The van der Waals surface area contributed by atoms with E-state index in [-0.39, 0.29) is 18.2 Å². The number of hydrogen-bond acceptors (Lipinski definition) is 3. The van der Waals surface area contributed by atoms with Crippen LogP contribution in [0, 0.1) is 11.6 Å². The predicted molar refractivity (Wildman–Crippen MR) is 155 cm³/mol. The van der Waals surface area contributed by atoms with Gasteiger partial charge in [-0.05, 0) is 74.7 Å². The van der Waals surface area contributed by atoms with Crippen molar-refractivity contribution >= 4 is 16.9 Å². The molecule has 0 saturated carbocycles. The fraction of sp³-hybridized carbons (Fsp3) is 0.394. The van der Waals surface area contributed by atoms with Crippen LogP contribution in [0.4, 0.5) is 8.78 Å². The maximum Gasteiger partial charge on any atom is 0.257 e. The summed E-state index contributed by atoms with van der Waals surface area (Å²) in [5, 5.41) is 0. The van der Waals surface area contributed by atoms with E-state index >= 15 is 0 Å². The molecule has 1 aliphatic heterocycles. The average molecular weight is 545 g/mol. The smallest absolute Gasteiger partial charge is 0.257 e. The number of hydrogen-bond donors (Lipinski definition) is 0. The van der Waals surface area contributed by atoms with Crippen molar-refractivity contribution in [1.29, 1.82) is 0 Å². The Bertz CT molecular complexity index is 1460. The molecule has 5 nitrogen and oxygen atoms in total. The fourth-order valence-electron chi connectivity index (χ4n) is 5.83. The van der Waals surface area contributed by atoms with Gasteiger partial charge in [-0.2, -0.15) is 0 Å². The van der Waals surface area contributed by atoms with Crippen LogP contribution in [0.25, 0.3) is 11.0 Å². The van der Waals surface area contributed by atoms with Gasteiger partial charge in [-0.25, -0.2) is 13.8 Å². The monoisotopic (exact) mass is 544 g/mol. The second-order valence-corrected chi connectivity index (χ2v) is 10.8. The van der Waals surface area contributed by atoms with E-state index in [4.69, 9.17) is 4.98 Å². The number of imidazole rings is 1. The molecule has 3 aromatic carbocycles. The number of amides is 1. The Labute approximate surface area is 235 Å². The number of unbranched alkanes of at least 4 members (excludes halogenated alkanes) is 1. The van der Waals surface area contributed by atoms with E-state index in [2.05, 4.69) is 46.7 Å². The van der Waals surface area contributed by atoms with Crippen LogP contribution in [-0.4, -0.2) is 44.9 Å². The van der Waals surface area contributed by atoms with E-state index in [1.165, 1.54) is 42.5 Å². The van der Waals surface area contributed by atoms with Crippen molar-refractivity contribution in [2.45, 2.75) is 65.1 Å². The van der Waals surface area contributed by atoms with Gasteiger partial charge in [0.05, 0.1) is 29.2 Å². The van der Waals surface area contributed by atoms with Crippen LogP contribution in [0.3, 0.4) is 0 Å². The van der Waals surface area contributed by atoms with Crippen LogP contribution >= 0.6 is 0 Å². The molecule has 1 amide bonds. The molecule has 1 aromatic heterocycles. The third kappa shape index (κ3) is 5.94. The quantitative estimate of drug-likeness (QED) is 0.210. The zero-order chi connectivity index (χ0) is 28.1. The SMILES string of the molecule is CCCCN(Cc1nc2ccccc2n1C(C)c1ccccc1CN1CCCCC1)C(=O)c1cccc(F)c1F. The highest BCUT2D eigenvalue weighted by molar-refractivity contribution is 5.94. The molecule has 1 saturated heterocycles. The summed E-state index contributed by atoms with van der Waals surface area (Å²) in [6, 6.07) is 20.3. The van der Waals surface area contributed by atoms with Crippen molar-refractivity contribution in [3.63, 3.8) is 0 Å². The second-order valence-electron chi connectivity index (χ2n) is 10.8. The van der Waals surface area contributed by atoms with Crippen LogP contribution in [0.2, 0.25) is 0 Å². The van der Waals surface area contributed by atoms with Crippen LogP contribution in [0.15, 0.2) is 66.7 Å². The molecule has 1 atom stereocenters. The van der Waals surface area contributed by atoms with Gasteiger partial charge in [-0.15, -0.1) is 0 Å². The lowest BCUT2D eigenvalue weighted by Crippen LogP contribution is -2.34. The summed E-state index contributed by atoms with van der Waals surface area (Å²) in [4.78, 5) is 22.6. The lowest BCUT2D eigenvalue weighted by Gasteiger charge is -2.29. The van der Waals surface area contributed by atoms with Crippen LogP contribution < -0.4 is 0 Å². The summed E-state index contributed by atoms with van der Waals surface area (Å²) in [6.07, 6.45) is 5.39. The zero-order valence-electron chi connectivity index (χ0n) is 23.5. The third-order valence-electron chi connectivity index (χ3n) is 7.99. The Kier molecular flexibility index (Phi) is 8.90. The number of benzene rings is 3. The van der Waals surface area contributed by atoms with E-state index in [0.29, 0.717) is 6.54 Å². The molecular weight excluding hydrogens is 506 g/mol. The number of fused-ring (bicyclic) bond motifs is 1. The lowest BCUT2D eigenvalue weighted by molar-refractivity contribution is 0.0728. The lowest BCUT2D eigenvalue weighted by atomic mass is 9.99. The minimum absolute atomic E-state index is 0.0441. The number of carbonyl (C=O) groups is 1. The molecule has 1 fully saturated rings. The standard InChI is InChI=1S/C33H38F2N4O/c1-3-4-21-38(33(40)27-15-12-16-28(34)32(27)35)23-31-36-29-17-8-9-18-30(29)39(31)24(2)26-14-7-6-13-25(26)22-37-19-10-5-11-20-37/h6-9,12-18,24H,3-5,10-11,19-23H2,1-2H3. The van der Waals surface area contributed by atoms with Gasteiger partial charge in [0.15, 0.2) is 11.6 Å². The van der Waals surface area contributed by atoms with Gasteiger partial charge in [-0.3, -0.25) is 9.69 Å². The first-order chi connectivity index (χ1) is 19.5. The molecule has 0 aliphatic carbocycles. The molecule has 4 aromatic rings. The summed E-state index contributed by atoms with van der Waals surface area (Å²) in [5.41, 5.74) is 4.09. The van der Waals surface area contributed by atoms with E-state index in [9.17, 15) is 13.6 Å². The normalized spacial score (nSPS) is 14.9. The van der Waals surface area contributed by atoms with Crippen molar-refractivity contribution in [2.75, 3.05) is 19.6 Å². The van der Waals surface area contributed by atoms with Gasteiger partial charge in [0.1, 0.15) is 5.82 Å². The van der Waals surface area contributed by atoms with Gasteiger partial charge >= 0.3 is 0 Å². The minimum Gasteiger partial charge on any atom is -0.331 e. The van der Waals surface area contributed by atoms with Gasteiger partial charge in [0.25, 0.3) is 5.91 Å². The highest BCUT2D eigenvalue weighted by Gasteiger charge is 2.26. The topological polar surface area (TPSA) is 41.4 Å². The van der Waals surface area contributed by atoms with Gasteiger partial charge < -0.3 is 9.47 Å². The summed E-state index contributed by atoms with van der Waals surface area (Å²) in [7, 11) is 0. The molecular formula is C33H38F2N4O. The second kappa shape index (κ2) is 12.7. The van der Waals surface area contributed by atoms with Gasteiger partial charge in [-0.1, -0.05) is 62.2 Å². The number of aromatic nitrogens is 2. The van der Waals surface area contributed by atoms with Crippen molar-refractivity contribution in [3.8, 4) is 0 Å². The molecule has 1 unspecified atom stereocenters. The highest BCUT2D eigenvalue weighted by Crippen LogP contribution is 2.30. The van der Waals surface area contributed by atoms with Crippen LogP contribution in [0.5, 0.6) is 0 Å². The number of carbonyl (C=O) groups excluding carboxylic acids is 1. The van der Waals surface area contributed by atoms with E-state index < -0.39 is 17.5 Å². The Morgan fingerprint density at radius 3 is 2.52 bits per heavy atom. The van der Waals surface area contributed by atoms with E-state index in [0.717, 1.165) is 55.4 Å². The predicted octanol–water partition coefficient (Wildman–Crippen LogP) is 7.35. The summed E-state index contributed by atoms with van der Waals surface area (Å²) in [6.45, 7) is 7.98. The number of halogens is 2. The number of rotatable bonds is 10. The van der Waals surface area contributed by atoms with Crippen LogP contribution in [-0.2, 0) is 13.1 Å². The Balaban J connectivity index is 1.52. The van der Waals surface area contributed by atoms with Crippen molar-refractivity contribution in [1.82, 2.24) is 19.4 Å². The fourth-order valence-corrected chi connectivity index (χ4v) is 5.83. The first-order valence-corrected chi connectivity index (χ1v) is 14.5. The van der Waals surface area contributed by atoms with Gasteiger partial charge in [0, 0.05) is 13.1 Å². The summed E-state index contributed by atoms with van der Waals surface area (Å²) in [5.74, 6) is -1.93. The molecule has 210 valence electrons. The first kappa shape index (κ1) is 28.0. The van der Waals surface area contributed by atoms with Crippen molar-refractivity contribution in [2.24, 2.45) is 0 Å². The Hall–Kier alpha value is -3.58. The molecule has 0 bridgehead atoms. The van der Waals surface area contributed by atoms with Gasteiger partial charge in [0.2, 0.25) is 0 Å². The average Bonchev–Trinajstić information content (AvgIpc) is 3.34. The molecule has 1 aliphatic rings. The summed E-state index contributed by atoms with van der Waals surface area (Å²) < 4.78 is 30.9.